The molecule has 0 aliphatic carbocycles. The molecule has 0 spiro atoms. The van der Waals surface area contributed by atoms with Gasteiger partial charge in [0.1, 0.15) is 12.1 Å². The number of alkyl carbamates (subject to hydrolysis) is 1. The predicted molar refractivity (Wildman–Crippen MR) is 127 cm³/mol. The second-order valence-electron chi connectivity index (χ2n) is 8.70. The summed E-state index contributed by atoms with van der Waals surface area (Å²) in [4.78, 5) is 30.4. The Kier molecular flexibility index (Phi) is 6.79. The van der Waals surface area contributed by atoms with Gasteiger partial charge >= 0.3 is 6.09 Å². The van der Waals surface area contributed by atoms with Gasteiger partial charge in [-0.05, 0) is 57.9 Å². The first-order valence-electron chi connectivity index (χ1n) is 9.77. The Balaban J connectivity index is 1.87. The number of thioether (sulfide) groups is 1. The summed E-state index contributed by atoms with van der Waals surface area (Å²) in [7, 11) is -3.16. The summed E-state index contributed by atoms with van der Waals surface area (Å²) in [6.07, 6.45) is -0.695. The molecule has 0 unspecified atom stereocenters. The smallest absolute Gasteiger partial charge is 0.408 e. The number of nitrogens with zero attached hydrogens (tertiary/aromatic N) is 2. The summed E-state index contributed by atoms with van der Waals surface area (Å²) < 4.78 is 30.6. The molecule has 2 aliphatic rings. The normalized spacial score (nSPS) is 23.7. The van der Waals surface area contributed by atoms with Crippen molar-refractivity contribution in [2.75, 3.05) is 23.0 Å². The molecule has 2 amide bonds. The lowest BCUT2D eigenvalue weighted by atomic mass is 10.1. The van der Waals surface area contributed by atoms with Gasteiger partial charge in [0, 0.05) is 15.4 Å². The number of halogens is 1. The van der Waals surface area contributed by atoms with Crippen molar-refractivity contribution in [3.8, 4) is 0 Å². The zero-order valence-electron chi connectivity index (χ0n) is 18.1. The number of hydrogen-bond donors (Lipinski definition) is 1. The van der Waals surface area contributed by atoms with Crippen LogP contribution in [0.5, 0.6) is 0 Å². The molecule has 1 aromatic rings. The van der Waals surface area contributed by atoms with Crippen LogP contribution in [0.2, 0.25) is 0 Å². The van der Waals surface area contributed by atoms with Crippen molar-refractivity contribution in [3.05, 3.63) is 27.7 Å². The number of fused-ring (bicyclic) bond motifs is 1. The van der Waals surface area contributed by atoms with Crippen LogP contribution >= 0.6 is 27.7 Å². The monoisotopic (exact) mass is 531 g/mol. The number of anilines is 1. The molecule has 0 aromatic heterocycles. The fraction of sp³-hybridized carbons (Fsp3) is 0.550. The van der Waals surface area contributed by atoms with Crippen LogP contribution in [0.3, 0.4) is 0 Å². The van der Waals surface area contributed by atoms with Gasteiger partial charge in [-0.15, -0.1) is 0 Å². The lowest BCUT2D eigenvalue weighted by Gasteiger charge is -2.28. The van der Waals surface area contributed by atoms with Crippen LogP contribution < -0.4 is 10.2 Å². The maximum Gasteiger partial charge on any atom is 0.408 e. The van der Waals surface area contributed by atoms with Gasteiger partial charge in [0.05, 0.1) is 17.5 Å². The Labute approximate surface area is 195 Å². The summed E-state index contributed by atoms with van der Waals surface area (Å²) in [5.74, 6) is -0.464. The second kappa shape index (κ2) is 8.74. The zero-order chi connectivity index (χ0) is 23.1. The summed E-state index contributed by atoms with van der Waals surface area (Å²) in [6.45, 7) is 8.78. The minimum atomic E-state index is -3.16. The Bertz CT molecular complexity index is 1030. The van der Waals surface area contributed by atoms with Crippen molar-refractivity contribution in [1.29, 1.82) is 0 Å². The van der Waals surface area contributed by atoms with E-state index in [-0.39, 0.29) is 29.3 Å². The van der Waals surface area contributed by atoms with Crippen LogP contribution in [0.4, 0.5) is 10.5 Å². The highest BCUT2D eigenvalue weighted by Gasteiger charge is 2.50. The van der Waals surface area contributed by atoms with Crippen molar-refractivity contribution in [2.45, 2.75) is 51.5 Å². The third kappa shape index (κ3) is 5.81. The average Bonchev–Trinajstić information content (AvgIpc) is 3.03. The first-order valence-corrected chi connectivity index (χ1v) is 13.3. The number of rotatable bonds is 3. The van der Waals surface area contributed by atoms with Gasteiger partial charge in [-0.25, -0.2) is 13.2 Å². The van der Waals surface area contributed by atoms with E-state index >= 15 is 0 Å². The third-order valence-electron chi connectivity index (χ3n) is 4.77. The third-order valence-corrected chi connectivity index (χ3v) is 8.43. The number of carbonyl (C=O) groups excluding carboxylic acids is 2. The van der Waals surface area contributed by atoms with E-state index in [2.05, 4.69) is 26.2 Å². The van der Waals surface area contributed by atoms with Gasteiger partial charge in [0.2, 0.25) is 0 Å². The molecule has 2 atom stereocenters. The fourth-order valence-electron chi connectivity index (χ4n) is 3.72. The summed E-state index contributed by atoms with van der Waals surface area (Å²) in [5, 5.41) is 2.67. The molecule has 0 bridgehead atoms. The quantitative estimate of drug-likeness (QED) is 0.638. The van der Waals surface area contributed by atoms with Crippen LogP contribution in [-0.2, 0) is 19.4 Å². The maximum absolute atomic E-state index is 12.5. The van der Waals surface area contributed by atoms with Crippen molar-refractivity contribution in [1.82, 2.24) is 5.32 Å². The fourth-order valence-corrected chi connectivity index (χ4v) is 8.32. The van der Waals surface area contributed by atoms with Gasteiger partial charge in [-0.3, -0.25) is 4.79 Å². The van der Waals surface area contributed by atoms with Gasteiger partial charge in [0.15, 0.2) is 15.0 Å². The Morgan fingerprint density at radius 2 is 1.87 bits per heavy atom. The van der Waals surface area contributed by atoms with Gasteiger partial charge in [-0.2, -0.15) is 4.99 Å². The predicted octanol–water partition coefficient (Wildman–Crippen LogP) is 3.19. The second-order valence-corrected chi connectivity index (χ2v) is 13.0. The van der Waals surface area contributed by atoms with E-state index in [0.717, 1.165) is 21.3 Å². The van der Waals surface area contributed by atoms with E-state index in [0.29, 0.717) is 5.17 Å². The van der Waals surface area contributed by atoms with Crippen molar-refractivity contribution >= 4 is 60.4 Å². The van der Waals surface area contributed by atoms with Crippen LogP contribution in [-0.4, -0.2) is 60.5 Å². The summed E-state index contributed by atoms with van der Waals surface area (Å²) >= 11 is 4.79. The topological polar surface area (TPSA) is 105 Å². The van der Waals surface area contributed by atoms with E-state index < -0.39 is 27.4 Å². The van der Waals surface area contributed by atoms with E-state index in [1.54, 1.807) is 20.8 Å². The molecule has 0 saturated carbocycles. The van der Waals surface area contributed by atoms with Crippen LogP contribution in [0.1, 0.15) is 31.9 Å². The van der Waals surface area contributed by atoms with Gasteiger partial charge in [0.25, 0.3) is 5.91 Å². The molecule has 2 fully saturated rings. The lowest BCUT2D eigenvalue weighted by Crippen LogP contribution is -2.39. The molecule has 170 valence electrons. The first-order chi connectivity index (χ1) is 14.3. The molecule has 31 heavy (non-hydrogen) atoms. The molecule has 8 nitrogen and oxygen atoms in total. The minimum absolute atomic E-state index is 0.0168. The highest BCUT2D eigenvalue weighted by Crippen LogP contribution is 2.43. The summed E-state index contributed by atoms with van der Waals surface area (Å²) in [6, 6.07) is 3.61. The largest absolute Gasteiger partial charge is 0.444 e. The molecule has 1 aromatic carbocycles. The molecular weight excluding hydrogens is 506 g/mol. The molecule has 11 heteroatoms. The Morgan fingerprint density at radius 1 is 1.26 bits per heavy atom. The molecule has 0 radical (unpaired) electrons. The number of aryl methyl sites for hydroxylation is 2. The number of hydrogen-bond acceptors (Lipinski definition) is 6. The van der Waals surface area contributed by atoms with E-state index in [4.69, 9.17) is 4.74 Å². The number of aliphatic imine (C=N–C) groups is 1. The number of sulfone groups is 1. The SMILES string of the molecule is Cc1cc(Br)cc(C)c1N1C(=NC(=O)CNC(=O)OC(C)(C)C)S[C@@H]2CS(=O)(=O)C[C@H]21. The molecule has 2 aliphatic heterocycles. The van der Waals surface area contributed by atoms with Crippen molar-refractivity contribution < 1.29 is 22.7 Å². The highest BCUT2D eigenvalue weighted by atomic mass is 79.9. The highest BCUT2D eigenvalue weighted by molar-refractivity contribution is 9.10. The Morgan fingerprint density at radius 3 is 2.45 bits per heavy atom. The molecule has 2 heterocycles. The average molecular weight is 532 g/mol. The number of ether oxygens (including phenoxy) is 1. The van der Waals surface area contributed by atoms with E-state index in [1.165, 1.54) is 11.8 Å². The van der Waals surface area contributed by atoms with Crippen LogP contribution in [0.25, 0.3) is 0 Å². The number of benzene rings is 1. The molecule has 2 saturated heterocycles. The van der Waals surface area contributed by atoms with Crippen LogP contribution in [0, 0.1) is 13.8 Å². The van der Waals surface area contributed by atoms with E-state index in [1.807, 2.05) is 30.9 Å². The van der Waals surface area contributed by atoms with E-state index in [9.17, 15) is 18.0 Å². The molecular formula is C20H26BrN3O5S2. The van der Waals surface area contributed by atoms with Crippen LogP contribution in [0.15, 0.2) is 21.6 Å². The summed E-state index contributed by atoms with van der Waals surface area (Å²) in [5.41, 5.74) is 2.08. The standard InChI is InChI=1S/C20H26BrN3O5S2/c1-11-6-13(21)7-12(2)17(11)24-14-9-31(27,28)10-15(14)30-18(24)23-16(25)8-22-19(26)29-20(3,4)5/h6-7,14-15H,8-10H2,1-5H3,(H,22,26)/t14-,15-/m1/s1. The first kappa shape index (κ1) is 24.1. The van der Waals surface area contributed by atoms with Gasteiger partial charge < -0.3 is 15.0 Å². The molecule has 1 N–H and O–H groups in total. The zero-order valence-corrected chi connectivity index (χ0v) is 21.3. The number of amides is 2. The number of amidine groups is 1. The maximum atomic E-state index is 12.5. The van der Waals surface area contributed by atoms with Crippen molar-refractivity contribution in [2.24, 2.45) is 4.99 Å². The number of nitrogens with one attached hydrogen (secondary N) is 1. The van der Waals surface area contributed by atoms with Crippen molar-refractivity contribution in [3.63, 3.8) is 0 Å². The molecule has 3 rings (SSSR count). The minimum Gasteiger partial charge on any atom is -0.444 e. The van der Waals surface area contributed by atoms with Gasteiger partial charge in [-0.1, -0.05) is 27.7 Å². The Hall–Kier alpha value is -1.59. The lowest BCUT2D eigenvalue weighted by molar-refractivity contribution is -0.117. The number of carbonyl (C=O) groups is 2.